The third kappa shape index (κ3) is 5.72. The number of carbonyl (C=O) groups excluding carboxylic acids is 1. The number of likely N-dealkylation sites (tertiary alicyclic amines) is 1. The molecule has 5 nitrogen and oxygen atoms in total. The minimum Gasteiger partial charge on any atom is -0.481 e. The Hall–Kier alpha value is -1.59. The number of nitrogens with one attached hydrogen (secondary N) is 1. The average molecular weight is 348 g/mol. The van der Waals surface area contributed by atoms with Gasteiger partial charge >= 0.3 is 0 Å². The van der Waals surface area contributed by atoms with Crippen molar-refractivity contribution in [2.24, 2.45) is 5.92 Å². The van der Waals surface area contributed by atoms with Crippen molar-refractivity contribution < 1.29 is 14.6 Å². The Kier molecular flexibility index (Phi) is 6.85. The molecule has 1 saturated heterocycles. The van der Waals surface area contributed by atoms with Crippen molar-refractivity contribution in [3.05, 3.63) is 29.8 Å². The summed E-state index contributed by atoms with van der Waals surface area (Å²) < 4.78 is 5.71. The summed E-state index contributed by atoms with van der Waals surface area (Å²) in [6.07, 6.45) is 1.93. The van der Waals surface area contributed by atoms with Crippen molar-refractivity contribution in [3.8, 4) is 5.75 Å². The second-order valence-electron chi connectivity index (χ2n) is 7.79. The van der Waals surface area contributed by atoms with Gasteiger partial charge in [0.2, 0.25) is 0 Å². The third-order valence-electron chi connectivity index (χ3n) is 4.97. The zero-order chi connectivity index (χ0) is 18.4. The van der Waals surface area contributed by atoms with Crippen LogP contribution in [-0.4, -0.2) is 47.2 Å². The number of nitrogens with zero attached hydrogens (tertiary/aromatic N) is 1. The van der Waals surface area contributed by atoms with Gasteiger partial charge in [0.1, 0.15) is 5.75 Å². The van der Waals surface area contributed by atoms with Crippen LogP contribution in [0.5, 0.6) is 5.75 Å². The number of amides is 1. The zero-order valence-electron chi connectivity index (χ0n) is 15.9. The summed E-state index contributed by atoms with van der Waals surface area (Å²) in [7, 11) is 0. The van der Waals surface area contributed by atoms with Gasteiger partial charge in [-0.05, 0) is 63.8 Å². The predicted molar refractivity (Wildman–Crippen MR) is 99.5 cm³/mol. The van der Waals surface area contributed by atoms with Gasteiger partial charge in [-0.25, -0.2) is 0 Å². The molecule has 1 fully saturated rings. The van der Waals surface area contributed by atoms with Crippen molar-refractivity contribution in [1.82, 2.24) is 10.2 Å². The Labute approximate surface area is 151 Å². The minimum atomic E-state index is -0.579. The fourth-order valence-electron chi connectivity index (χ4n) is 3.27. The summed E-state index contributed by atoms with van der Waals surface area (Å²) in [4.78, 5) is 14.9. The van der Waals surface area contributed by atoms with E-state index in [0.29, 0.717) is 18.2 Å². The molecule has 1 aliphatic heterocycles. The standard InChI is InChI=1S/C20H32N2O3/c1-15-7-6-10-22(12-15)20(3,4)14-21-19(24)16(2)25-18-9-5-8-17(11-18)13-23/h5,8-9,11,15-16,23H,6-7,10,12-14H2,1-4H3,(H,21,24). The third-order valence-corrected chi connectivity index (χ3v) is 4.97. The number of carbonyl (C=O) groups is 1. The fraction of sp³-hybridized carbons (Fsp3) is 0.650. The Morgan fingerprint density at radius 1 is 1.48 bits per heavy atom. The molecule has 2 atom stereocenters. The maximum atomic E-state index is 12.4. The number of aliphatic hydroxyl groups is 1. The summed E-state index contributed by atoms with van der Waals surface area (Å²) in [5.41, 5.74) is 0.700. The molecular formula is C20H32N2O3. The van der Waals surface area contributed by atoms with E-state index in [1.54, 1.807) is 19.1 Å². The van der Waals surface area contributed by atoms with Gasteiger partial charge in [0.25, 0.3) is 5.91 Å². The van der Waals surface area contributed by atoms with E-state index in [2.05, 4.69) is 31.0 Å². The van der Waals surface area contributed by atoms with Crippen LogP contribution in [0.25, 0.3) is 0 Å². The number of ether oxygens (including phenoxy) is 1. The zero-order valence-corrected chi connectivity index (χ0v) is 15.9. The van der Waals surface area contributed by atoms with Crippen molar-refractivity contribution in [3.63, 3.8) is 0 Å². The van der Waals surface area contributed by atoms with Crippen molar-refractivity contribution in [2.45, 2.75) is 58.8 Å². The lowest BCUT2D eigenvalue weighted by Crippen LogP contribution is -2.55. The lowest BCUT2D eigenvalue weighted by Gasteiger charge is -2.43. The number of hydrogen-bond acceptors (Lipinski definition) is 4. The van der Waals surface area contributed by atoms with Crippen LogP contribution in [0.4, 0.5) is 0 Å². The highest BCUT2D eigenvalue weighted by Crippen LogP contribution is 2.23. The molecule has 0 spiro atoms. The highest BCUT2D eigenvalue weighted by Gasteiger charge is 2.31. The molecule has 2 rings (SSSR count). The Morgan fingerprint density at radius 3 is 2.92 bits per heavy atom. The summed E-state index contributed by atoms with van der Waals surface area (Å²) >= 11 is 0. The fourth-order valence-corrected chi connectivity index (χ4v) is 3.27. The molecule has 0 saturated carbocycles. The summed E-state index contributed by atoms with van der Waals surface area (Å²) in [6, 6.07) is 7.18. The molecule has 0 aromatic heterocycles. The van der Waals surface area contributed by atoms with E-state index < -0.39 is 6.10 Å². The molecule has 0 aliphatic carbocycles. The molecule has 2 unspecified atom stereocenters. The van der Waals surface area contributed by atoms with E-state index in [-0.39, 0.29) is 18.1 Å². The predicted octanol–water partition coefficient (Wildman–Crippen LogP) is 2.57. The van der Waals surface area contributed by atoms with Gasteiger partial charge in [0.15, 0.2) is 6.10 Å². The molecule has 140 valence electrons. The van der Waals surface area contributed by atoms with E-state index in [1.807, 2.05) is 12.1 Å². The first kappa shape index (κ1) is 19.7. The SMILES string of the molecule is CC1CCCN(C(C)(C)CNC(=O)C(C)Oc2cccc(CO)c2)C1. The van der Waals surface area contributed by atoms with Gasteiger partial charge in [-0.15, -0.1) is 0 Å². The van der Waals surface area contributed by atoms with Crippen LogP contribution in [0, 0.1) is 5.92 Å². The molecule has 25 heavy (non-hydrogen) atoms. The smallest absolute Gasteiger partial charge is 0.260 e. The van der Waals surface area contributed by atoms with Crippen LogP contribution in [0.15, 0.2) is 24.3 Å². The Bertz CT molecular complexity index is 574. The van der Waals surface area contributed by atoms with Gasteiger partial charge in [0, 0.05) is 18.6 Å². The van der Waals surface area contributed by atoms with Crippen molar-refractivity contribution in [2.75, 3.05) is 19.6 Å². The minimum absolute atomic E-state index is 0.0414. The van der Waals surface area contributed by atoms with Crippen LogP contribution in [0.3, 0.4) is 0 Å². The molecular weight excluding hydrogens is 316 g/mol. The first-order chi connectivity index (χ1) is 11.8. The van der Waals surface area contributed by atoms with Gasteiger partial charge in [0.05, 0.1) is 6.61 Å². The van der Waals surface area contributed by atoms with Crippen LogP contribution < -0.4 is 10.1 Å². The maximum Gasteiger partial charge on any atom is 0.260 e. The van der Waals surface area contributed by atoms with E-state index in [9.17, 15) is 9.90 Å². The molecule has 1 aromatic rings. The number of rotatable bonds is 7. The Balaban J connectivity index is 1.85. The largest absolute Gasteiger partial charge is 0.481 e. The quantitative estimate of drug-likeness (QED) is 0.795. The lowest BCUT2D eigenvalue weighted by molar-refractivity contribution is -0.127. The van der Waals surface area contributed by atoms with Crippen LogP contribution in [0.2, 0.25) is 0 Å². The van der Waals surface area contributed by atoms with Crippen LogP contribution >= 0.6 is 0 Å². The second kappa shape index (κ2) is 8.68. The van der Waals surface area contributed by atoms with Gasteiger partial charge in [-0.1, -0.05) is 19.1 Å². The number of piperidine rings is 1. The maximum absolute atomic E-state index is 12.4. The molecule has 1 aliphatic rings. The van der Waals surface area contributed by atoms with Gasteiger partial charge in [-0.3, -0.25) is 9.69 Å². The van der Waals surface area contributed by atoms with Crippen molar-refractivity contribution in [1.29, 1.82) is 0 Å². The first-order valence-electron chi connectivity index (χ1n) is 9.21. The normalized spacial score (nSPS) is 20.1. The molecule has 0 bridgehead atoms. The van der Waals surface area contributed by atoms with Crippen LogP contribution in [0.1, 0.15) is 46.1 Å². The number of benzene rings is 1. The summed E-state index contributed by atoms with van der Waals surface area (Å²) in [5.74, 6) is 1.19. The van der Waals surface area contributed by atoms with E-state index >= 15 is 0 Å². The topological polar surface area (TPSA) is 61.8 Å². The molecule has 1 aromatic carbocycles. The van der Waals surface area contributed by atoms with Crippen molar-refractivity contribution >= 4 is 5.91 Å². The average Bonchev–Trinajstić information content (AvgIpc) is 2.59. The number of hydrogen-bond donors (Lipinski definition) is 2. The monoisotopic (exact) mass is 348 g/mol. The molecule has 5 heteroatoms. The van der Waals surface area contributed by atoms with Gasteiger partial charge < -0.3 is 15.2 Å². The molecule has 0 radical (unpaired) electrons. The summed E-state index contributed by atoms with van der Waals surface area (Å²) in [6.45, 7) is 11.1. The first-order valence-corrected chi connectivity index (χ1v) is 9.21. The Morgan fingerprint density at radius 2 is 2.24 bits per heavy atom. The molecule has 1 heterocycles. The van der Waals surface area contributed by atoms with Gasteiger partial charge in [-0.2, -0.15) is 0 Å². The lowest BCUT2D eigenvalue weighted by atomic mass is 9.93. The highest BCUT2D eigenvalue weighted by molar-refractivity contribution is 5.80. The van der Waals surface area contributed by atoms with E-state index in [0.717, 1.165) is 18.7 Å². The second-order valence-corrected chi connectivity index (χ2v) is 7.79. The highest BCUT2D eigenvalue weighted by atomic mass is 16.5. The van der Waals surface area contributed by atoms with Crippen LogP contribution in [-0.2, 0) is 11.4 Å². The summed E-state index contributed by atoms with van der Waals surface area (Å²) in [5, 5.41) is 12.2. The molecule has 1 amide bonds. The molecule has 2 N–H and O–H groups in total. The van der Waals surface area contributed by atoms with E-state index in [4.69, 9.17) is 4.74 Å². The van der Waals surface area contributed by atoms with E-state index in [1.165, 1.54) is 12.8 Å². The number of aliphatic hydroxyl groups excluding tert-OH is 1.